The van der Waals surface area contributed by atoms with Crippen molar-refractivity contribution in [3.8, 4) is 0 Å². The number of aromatic nitrogens is 1. The Hall–Kier alpha value is -1.42. The average molecular weight is 287 g/mol. The third kappa shape index (κ3) is 3.43. The summed E-state index contributed by atoms with van der Waals surface area (Å²) >= 11 is 0. The van der Waals surface area contributed by atoms with Crippen molar-refractivity contribution >= 4 is 5.91 Å². The van der Waals surface area contributed by atoms with Gasteiger partial charge in [-0.25, -0.2) is 0 Å². The molecule has 1 aromatic rings. The van der Waals surface area contributed by atoms with Crippen molar-refractivity contribution in [3.63, 3.8) is 0 Å². The molecule has 2 aliphatic rings. The maximum absolute atomic E-state index is 12.9. The fraction of sp³-hybridized carbons (Fsp3) is 0.647. The van der Waals surface area contributed by atoms with E-state index >= 15 is 0 Å². The van der Waals surface area contributed by atoms with Gasteiger partial charge in [-0.3, -0.25) is 9.78 Å². The van der Waals surface area contributed by atoms with Crippen LogP contribution in [0.5, 0.6) is 0 Å². The van der Waals surface area contributed by atoms with Gasteiger partial charge in [-0.2, -0.15) is 0 Å². The lowest BCUT2D eigenvalue weighted by Crippen LogP contribution is -2.46. The fourth-order valence-corrected chi connectivity index (χ4v) is 3.17. The quantitative estimate of drug-likeness (QED) is 0.925. The van der Waals surface area contributed by atoms with E-state index < -0.39 is 0 Å². The third-order valence-corrected chi connectivity index (χ3v) is 4.53. The largest absolute Gasteiger partial charge is 0.334 e. The lowest BCUT2D eigenvalue weighted by atomic mass is 10.0. The van der Waals surface area contributed by atoms with Crippen molar-refractivity contribution < 1.29 is 4.79 Å². The maximum Gasteiger partial charge on any atom is 0.255 e. The third-order valence-electron chi connectivity index (χ3n) is 4.53. The van der Waals surface area contributed by atoms with Gasteiger partial charge in [-0.1, -0.05) is 6.42 Å². The van der Waals surface area contributed by atoms with E-state index in [2.05, 4.69) is 15.2 Å². The topological polar surface area (TPSA) is 45.2 Å². The van der Waals surface area contributed by atoms with Gasteiger partial charge in [0.05, 0.1) is 11.3 Å². The van der Waals surface area contributed by atoms with Gasteiger partial charge in [0.25, 0.3) is 5.91 Å². The Morgan fingerprint density at radius 2 is 2.10 bits per heavy atom. The second-order valence-corrected chi connectivity index (χ2v) is 6.42. The molecule has 2 heterocycles. The summed E-state index contributed by atoms with van der Waals surface area (Å²) in [6, 6.07) is 4.78. The molecule has 1 aliphatic heterocycles. The minimum atomic E-state index is 0.162. The lowest BCUT2D eigenvalue weighted by Gasteiger charge is -2.31. The summed E-state index contributed by atoms with van der Waals surface area (Å²) < 4.78 is 0. The molecule has 1 atom stereocenters. The maximum atomic E-state index is 12.9. The van der Waals surface area contributed by atoms with Crippen LogP contribution in [0.15, 0.2) is 12.1 Å². The fourth-order valence-electron chi connectivity index (χ4n) is 3.17. The molecule has 1 saturated heterocycles. The average Bonchev–Trinajstić information content (AvgIpc) is 3.30. The number of hydrogen-bond donors (Lipinski definition) is 1. The zero-order valence-electron chi connectivity index (χ0n) is 13.1. The standard InChI is InChI=1S/C17H25N3O/c1-12-6-9-16(13(2)19-12)17(21)20(15-7-8-15)11-14-5-3-4-10-18-14/h6,9,14-15,18H,3-5,7-8,10-11H2,1-2H3. The number of nitrogens with one attached hydrogen (secondary N) is 1. The van der Waals surface area contributed by atoms with Crippen molar-refractivity contribution in [1.29, 1.82) is 0 Å². The molecule has 1 saturated carbocycles. The van der Waals surface area contributed by atoms with Crippen LogP contribution in [0.1, 0.15) is 53.8 Å². The molecule has 114 valence electrons. The number of carbonyl (C=O) groups excluding carboxylic acids is 1. The van der Waals surface area contributed by atoms with E-state index in [9.17, 15) is 4.79 Å². The molecule has 1 N–H and O–H groups in total. The van der Waals surface area contributed by atoms with E-state index in [1.54, 1.807) is 0 Å². The van der Waals surface area contributed by atoms with Gasteiger partial charge in [0.1, 0.15) is 0 Å². The van der Waals surface area contributed by atoms with Gasteiger partial charge in [0.2, 0.25) is 0 Å². The predicted molar refractivity (Wildman–Crippen MR) is 83.4 cm³/mol. The van der Waals surface area contributed by atoms with Crippen LogP contribution in [0.25, 0.3) is 0 Å². The zero-order chi connectivity index (χ0) is 14.8. The summed E-state index contributed by atoms with van der Waals surface area (Å²) in [4.78, 5) is 19.4. The Morgan fingerprint density at radius 1 is 1.29 bits per heavy atom. The molecular weight excluding hydrogens is 262 g/mol. The van der Waals surface area contributed by atoms with E-state index in [-0.39, 0.29) is 5.91 Å². The van der Waals surface area contributed by atoms with E-state index in [1.807, 2.05) is 26.0 Å². The summed E-state index contributed by atoms with van der Waals surface area (Å²) in [6.07, 6.45) is 6.01. The van der Waals surface area contributed by atoms with Crippen LogP contribution in [-0.4, -0.2) is 41.0 Å². The van der Waals surface area contributed by atoms with Gasteiger partial charge in [0, 0.05) is 24.3 Å². The van der Waals surface area contributed by atoms with Crippen LogP contribution in [0, 0.1) is 13.8 Å². The van der Waals surface area contributed by atoms with E-state index in [4.69, 9.17) is 0 Å². The molecule has 1 amide bonds. The highest BCUT2D eigenvalue weighted by molar-refractivity contribution is 5.95. The second-order valence-electron chi connectivity index (χ2n) is 6.42. The van der Waals surface area contributed by atoms with E-state index in [1.165, 1.54) is 19.3 Å². The highest BCUT2D eigenvalue weighted by Gasteiger charge is 2.35. The first-order valence-corrected chi connectivity index (χ1v) is 8.14. The minimum absolute atomic E-state index is 0.162. The number of nitrogens with zero attached hydrogens (tertiary/aromatic N) is 2. The summed E-state index contributed by atoms with van der Waals surface area (Å²) in [5, 5.41) is 3.55. The monoisotopic (exact) mass is 287 g/mol. The SMILES string of the molecule is Cc1ccc(C(=O)N(CC2CCCCN2)C2CC2)c(C)n1. The van der Waals surface area contributed by atoms with Crippen molar-refractivity contribution in [2.24, 2.45) is 0 Å². The van der Waals surface area contributed by atoms with E-state index in [0.717, 1.165) is 42.9 Å². The molecule has 0 bridgehead atoms. The van der Waals surface area contributed by atoms with Crippen molar-refractivity contribution in [1.82, 2.24) is 15.2 Å². The molecule has 4 heteroatoms. The number of hydrogen-bond acceptors (Lipinski definition) is 3. The van der Waals surface area contributed by atoms with Crippen LogP contribution < -0.4 is 5.32 Å². The van der Waals surface area contributed by atoms with Gasteiger partial charge < -0.3 is 10.2 Å². The smallest absolute Gasteiger partial charge is 0.255 e. The Morgan fingerprint density at radius 3 is 2.71 bits per heavy atom. The molecule has 0 radical (unpaired) electrons. The normalized spacial score (nSPS) is 22.1. The van der Waals surface area contributed by atoms with Crippen LogP contribution in [-0.2, 0) is 0 Å². The van der Waals surface area contributed by atoms with Crippen LogP contribution in [0.3, 0.4) is 0 Å². The van der Waals surface area contributed by atoms with Crippen LogP contribution in [0.2, 0.25) is 0 Å². The van der Waals surface area contributed by atoms with Gasteiger partial charge >= 0.3 is 0 Å². The molecule has 4 nitrogen and oxygen atoms in total. The number of amides is 1. The highest BCUT2D eigenvalue weighted by atomic mass is 16.2. The number of aryl methyl sites for hydroxylation is 2. The Labute approximate surface area is 126 Å². The highest BCUT2D eigenvalue weighted by Crippen LogP contribution is 2.29. The first-order valence-electron chi connectivity index (χ1n) is 8.14. The second kappa shape index (κ2) is 6.14. The summed E-state index contributed by atoms with van der Waals surface area (Å²) in [5.41, 5.74) is 2.58. The predicted octanol–water partition coefficient (Wildman–Crippen LogP) is 2.45. The molecule has 0 spiro atoms. The van der Waals surface area contributed by atoms with Crippen molar-refractivity contribution in [2.45, 2.75) is 58.0 Å². The molecule has 1 aliphatic carbocycles. The molecule has 2 fully saturated rings. The summed E-state index contributed by atoms with van der Waals surface area (Å²) in [5.74, 6) is 0.162. The molecule has 1 aromatic heterocycles. The Balaban J connectivity index is 1.75. The van der Waals surface area contributed by atoms with Gasteiger partial charge in [0.15, 0.2) is 0 Å². The molecular formula is C17H25N3O. The van der Waals surface area contributed by atoms with Crippen LogP contribution >= 0.6 is 0 Å². The molecule has 1 unspecified atom stereocenters. The Bertz CT molecular complexity index is 519. The number of piperidine rings is 1. The molecule has 3 rings (SSSR count). The Kier molecular flexibility index (Phi) is 4.24. The summed E-state index contributed by atoms with van der Waals surface area (Å²) in [6.45, 7) is 5.83. The first kappa shape index (κ1) is 14.5. The number of carbonyl (C=O) groups is 1. The van der Waals surface area contributed by atoms with Crippen LogP contribution in [0.4, 0.5) is 0 Å². The summed E-state index contributed by atoms with van der Waals surface area (Å²) in [7, 11) is 0. The van der Waals surface area contributed by atoms with E-state index in [0.29, 0.717) is 12.1 Å². The van der Waals surface area contributed by atoms with Gasteiger partial charge in [-0.15, -0.1) is 0 Å². The van der Waals surface area contributed by atoms with Crippen molar-refractivity contribution in [2.75, 3.05) is 13.1 Å². The van der Waals surface area contributed by atoms with Gasteiger partial charge in [-0.05, 0) is 58.2 Å². The number of pyridine rings is 1. The number of rotatable bonds is 4. The zero-order valence-corrected chi connectivity index (χ0v) is 13.1. The molecule has 21 heavy (non-hydrogen) atoms. The molecule has 0 aromatic carbocycles. The first-order chi connectivity index (χ1) is 10.1. The lowest BCUT2D eigenvalue weighted by molar-refractivity contribution is 0.0716. The van der Waals surface area contributed by atoms with Crippen molar-refractivity contribution in [3.05, 3.63) is 29.1 Å². The minimum Gasteiger partial charge on any atom is -0.334 e.